The molecule has 0 aromatic heterocycles. The predicted molar refractivity (Wildman–Crippen MR) is 101 cm³/mol. The third-order valence-corrected chi connectivity index (χ3v) is 4.09. The second-order valence-corrected chi connectivity index (χ2v) is 5.88. The van der Waals surface area contributed by atoms with Gasteiger partial charge < -0.3 is 19.6 Å². The highest BCUT2D eigenvalue weighted by atomic mass is 35.5. The summed E-state index contributed by atoms with van der Waals surface area (Å²) >= 11 is 12.2. The standard InChI is InChI=1S/C18H18Cl2N2O4/c1-24-17-8-12(6-7-16(17)26-11-18(23)25-2)9-21-22-10-13-14(19)4-3-5-15(13)20/h3-9,22H,10-11H2,1-2H3/b21-9-. The van der Waals surface area contributed by atoms with Crippen molar-refractivity contribution in [1.29, 1.82) is 0 Å². The van der Waals surface area contributed by atoms with Crippen molar-refractivity contribution < 1.29 is 19.0 Å². The van der Waals surface area contributed by atoms with E-state index in [1.54, 1.807) is 42.6 Å². The van der Waals surface area contributed by atoms with Crippen molar-refractivity contribution in [3.05, 3.63) is 57.6 Å². The quantitative estimate of drug-likeness (QED) is 0.418. The summed E-state index contributed by atoms with van der Waals surface area (Å²) in [6, 6.07) is 10.5. The lowest BCUT2D eigenvalue weighted by Crippen LogP contribution is -2.13. The summed E-state index contributed by atoms with van der Waals surface area (Å²) in [5, 5.41) is 5.30. The first-order chi connectivity index (χ1) is 12.5. The Balaban J connectivity index is 1.98. The van der Waals surface area contributed by atoms with Gasteiger partial charge in [0, 0.05) is 15.6 Å². The molecule has 0 fully saturated rings. The Kier molecular flexibility index (Phi) is 7.56. The van der Waals surface area contributed by atoms with Crippen LogP contribution in [-0.4, -0.2) is 33.0 Å². The maximum atomic E-state index is 11.2. The van der Waals surface area contributed by atoms with Crippen LogP contribution in [0.2, 0.25) is 10.0 Å². The molecule has 0 aliphatic carbocycles. The van der Waals surface area contributed by atoms with Gasteiger partial charge in [-0.15, -0.1) is 0 Å². The Morgan fingerprint density at radius 2 is 1.88 bits per heavy atom. The molecule has 0 saturated heterocycles. The van der Waals surface area contributed by atoms with Crippen LogP contribution >= 0.6 is 23.2 Å². The maximum Gasteiger partial charge on any atom is 0.343 e. The highest BCUT2D eigenvalue weighted by molar-refractivity contribution is 6.35. The normalized spacial score (nSPS) is 10.6. The van der Waals surface area contributed by atoms with Gasteiger partial charge in [-0.25, -0.2) is 4.79 Å². The van der Waals surface area contributed by atoms with Gasteiger partial charge in [0.1, 0.15) is 0 Å². The molecular weight excluding hydrogens is 379 g/mol. The fraction of sp³-hybridized carbons (Fsp3) is 0.222. The largest absolute Gasteiger partial charge is 0.493 e. The van der Waals surface area contributed by atoms with E-state index in [0.29, 0.717) is 28.1 Å². The number of carbonyl (C=O) groups is 1. The minimum atomic E-state index is -0.472. The van der Waals surface area contributed by atoms with Gasteiger partial charge in [-0.05, 0) is 35.9 Å². The van der Waals surface area contributed by atoms with Crippen LogP contribution in [0.4, 0.5) is 0 Å². The highest BCUT2D eigenvalue weighted by Gasteiger charge is 2.08. The fourth-order valence-electron chi connectivity index (χ4n) is 2.03. The third-order valence-electron chi connectivity index (χ3n) is 3.38. The first-order valence-corrected chi connectivity index (χ1v) is 8.37. The number of hydrogen-bond acceptors (Lipinski definition) is 6. The molecule has 8 heteroatoms. The lowest BCUT2D eigenvalue weighted by Gasteiger charge is -2.10. The predicted octanol–water partition coefficient (Wildman–Crippen LogP) is 3.68. The summed E-state index contributed by atoms with van der Waals surface area (Å²) in [6.07, 6.45) is 1.62. The average Bonchev–Trinajstić information content (AvgIpc) is 2.65. The van der Waals surface area contributed by atoms with Gasteiger partial charge in [0.15, 0.2) is 18.1 Å². The van der Waals surface area contributed by atoms with Crippen molar-refractivity contribution >= 4 is 35.4 Å². The first kappa shape index (κ1) is 19.9. The maximum absolute atomic E-state index is 11.2. The van der Waals surface area contributed by atoms with E-state index in [-0.39, 0.29) is 6.61 Å². The second kappa shape index (κ2) is 9.89. The molecule has 0 spiro atoms. The van der Waals surface area contributed by atoms with Crippen molar-refractivity contribution in [1.82, 2.24) is 5.43 Å². The summed E-state index contributed by atoms with van der Waals surface area (Å²) in [6.45, 7) is 0.201. The minimum Gasteiger partial charge on any atom is -0.493 e. The van der Waals surface area contributed by atoms with Gasteiger partial charge in [0.05, 0.1) is 27.0 Å². The Bertz CT molecular complexity index is 777. The molecule has 1 N–H and O–H groups in total. The van der Waals surface area contributed by atoms with E-state index in [9.17, 15) is 4.79 Å². The molecular formula is C18H18Cl2N2O4. The number of methoxy groups -OCH3 is 2. The first-order valence-electron chi connectivity index (χ1n) is 7.61. The smallest absolute Gasteiger partial charge is 0.343 e. The van der Waals surface area contributed by atoms with Gasteiger partial charge in [-0.2, -0.15) is 5.10 Å². The van der Waals surface area contributed by atoms with E-state index in [1.807, 2.05) is 0 Å². The van der Waals surface area contributed by atoms with Crippen LogP contribution in [0.25, 0.3) is 0 Å². The summed E-state index contributed by atoms with van der Waals surface area (Å²) in [5.41, 5.74) is 4.46. The monoisotopic (exact) mass is 396 g/mol. The fourth-order valence-corrected chi connectivity index (χ4v) is 2.56. The van der Waals surface area contributed by atoms with E-state index in [4.69, 9.17) is 32.7 Å². The van der Waals surface area contributed by atoms with Crippen LogP contribution in [0.15, 0.2) is 41.5 Å². The Morgan fingerprint density at radius 3 is 2.54 bits per heavy atom. The number of esters is 1. The molecule has 0 saturated carbocycles. The zero-order valence-corrected chi connectivity index (χ0v) is 15.8. The molecule has 2 aromatic carbocycles. The molecule has 138 valence electrons. The van der Waals surface area contributed by atoms with Crippen LogP contribution in [0.3, 0.4) is 0 Å². The molecule has 0 amide bonds. The lowest BCUT2D eigenvalue weighted by atomic mass is 10.2. The summed E-state index contributed by atoms with van der Waals surface area (Å²) in [4.78, 5) is 11.2. The Labute approximate surface area is 161 Å². The van der Waals surface area contributed by atoms with Crippen LogP contribution in [0, 0.1) is 0 Å². The second-order valence-electron chi connectivity index (χ2n) is 5.07. The topological polar surface area (TPSA) is 69.2 Å². The molecule has 0 aliphatic rings. The van der Waals surface area contributed by atoms with Gasteiger partial charge in [-0.3, -0.25) is 0 Å². The number of carbonyl (C=O) groups excluding carboxylic acids is 1. The van der Waals surface area contributed by atoms with E-state index in [0.717, 1.165) is 11.1 Å². The Hall–Kier alpha value is -2.44. The van der Waals surface area contributed by atoms with Gasteiger partial charge >= 0.3 is 5.97 Å². The number of rotatable bonds is 8. The number of nitrogens with zero attached hydrogens (tertiary/aromatic N) is 1. The van der Waals surface area contributed by atoms with Gasteiger partial charge in [-0.1, -0.05) is 29.3 Å². The van der Waals surface area contributed by atoms with E-state index in [2.05, 4.69) is 15.3 Å². The van der Waals surface area contributed by atoms with Crippen LogP contribution in [0.1, 0.15) is 11.1 Å². The zero-order chi connectivity index (χ0) is 18.9. The van der Waals surface area contributed by atoms with Crippen molar-refractivity contribution in [2.24, 2.45) is 5.10 Å². The highest BCUT2D eigenvalue weighted by Crippen LogP contribution is 2.27. The molecule has 0 bridgehead atoms. The van der Waals surface area contributed by atoms with Gasteiger partial charge in [0.2, 0.25) is 0 Å². The van der Waals surface area contributed by atoms with Gasteiger partial charge in [0.25, 0.3) is 0 Å². The summed E-state index contributed by atoms with van der Waals surface area (Å²) in [7, 11) is 2.81. The van der Waals surface area contributed by atoms with E-state index < -0.39 is 5.97 Å². The number of halogens is 2. The molecule has 26 heavy (non-hydrogen) atoms. The number of hydrogen-bond donors (Lipinski definition) is 1. The summed E-state index contributed by atoms with van der Waals surface area (Å²) in [5.74, 6) is 0.443. The molecule has 2 rings (SSSR count). The molecule has 0 aliphatic heterocycles. The number of nitrogens with one attached hydrogen (secondary N) is 1. The van der Waals surface area contributed by atoms with Crippen LogP contribution in [0.5, 0.6) is 11.5 Å². The van der Waals surface area contributed by atoms with Crippen molar-refractivity contribution in [2.75, 3.05) is 20.8 Å². The molecule has 2 aromatic rings. The average molecular weight is 397 g/mol. The van der Waals surface area contributed by atoms with E-state index in [1.165, 1.54) is 14.2 Å². The molecule has 6 nitrogen and oxygen atoms in total. The molecule has 0 unspecified atom stereocenters. The number of benzene rings is 2. The van der Waals surface area contributed by atoms with E-state index >= 15 is 0 Å². The SMILES string of the molecule is COC(=O)COc1ccc(/C=N\NCc2c(Cl)cccc2Cl)cc1OC. The summed E-state index contributed by atoms with van der Waals surface area (Å²) < 4.78 is 15.2. The minimum absolute atomic E-state index is 0.194. The van der Waals surface area contributed by atoms with Crippen molar-refractivity contribution in [3.63, 3.8) is 0 Å². The number of ether oxygens (including phenoxy) is 3. The van der Waals surface area contributed by atoms with Crippen molar-refractivity contribution in [3.8, 4) is 11.5 Å². The lowest BCUT2D eigenvalue weighted by molar-refractivity contribution is -0.142. The van der Waals surface area contributed by atoms with Crippen LogP contribution < -0.4 is 14.9 Å². The zero-order valence-electron chi connectivity index (χ0n) is 14.3. The molecule has 0 radical (unpaired) electrons. The third kappa shape index (κ3) is 5.54. The van der Waals surface area contributed by atoms with Crippen molar-refractivity contribution in [2.45, 2.75) is 6.54 Å². The molecule has 0 atom stereocenters. The Morgan fingerprint density at radius 1 is 1.15 bits per heavy atom. The molecule has 0 heterocycles. The van der Waals surface area contributed by atoms with Crippen LogP contribution in [-0.2, 0) is 16.1 Å². The number of hydrazone groups is 1.